The molecule has 0 fully saturated rings. The second kappa shape index (κ2) is 11.0. The standard InChI is InChI=1S/C30H25ClFN3O3/c1-18-14-21(17-33-16-19(18)2)20-8-9-23-25(15-20)34-13-12-26(23)38-27-11-10-24(28(31)29(27)32)35-30(36)37-22-6-4-3-5-7-22/h3-13,15-19H,14H2,1-2H3,(H,35,36). The van der Waals surface area contributed by atoms with E-state index in [1.165, 1.54) is 12.1 Å². The van der Waals surface area contributed by atoms with Gasteiger partial charge in [-0.15, -0.1) is 0 Å². The summed E-state index contributed by atoms with van der Waals surface area (Å²) in [6.45, 7) is 4.38. The van der Waals surface area contributed by atoms with Gasteiger partial charge in [0.15, 0.2) is 11.6 Å². The van der Waals surface area contributed by atoms with Crippen molar-refractivity contribution in [2.45, 2.75) is 20.3 Å². The topological polar surface area (TPSA) is 72.8 Å². The molecule has 0 spiro atoms. The molecule has 3 aromatic carbocycles. The highest BCUT2D eigenvalue weighted by Crippen LogP contribution is 2.37. The van der Waals surface area contributed by atoms with Crippen molar-refractivity contribution in [1.82, 2.24) is 4.98 Å². The van der Waals surface area contributed by atoms with Crippen LogP contribution in [-0.2, 0) is 0 Å². The molecule has 6 nitrogen and oxygen atoms in total. The Labute approximate surface area is 224 Å². The number of hydrogen-bond donors (Lipinski definition) is 1. The zero-order chi connectivity index (χ0) is 26.6. The maximum absolute atomic E-state index is 15.2. The first kappa shape index (κ1) is 25.4. The van der Waals surface area contributed by atoms with E-state index in [1.807, 2.05) is 30.6 Å². The molecule has 2 heterocycles. The number of nitrogens with one attached hydrogen (secondary N) is 1. The number of ether oxygens (including phenoxy) is 2. The van der Waals surface area contributed by atoms with Gasteiger partial charge in [-0.3, -0.25) is 15.3 Å². The number of nitrogens with zero attached hydrogens (tertiary/aromatic N) is 2. The van der Waals surface area contributed by atoms with Crippen LogP contribution in [0.1, 0.15) is 25.8 Å². The third-order valence-corrected chi connectivity index (χ3v) is 6.89. The molecule has 192 valence electrons. The number of aromatic nitrogens is 1. The van der Waals surface area contributed by atoms with Crippen LogP contribution in [0.15, 0.2) is 84.1 Å². The van der Waals surface area contributed by atoms with Gasteiger partial charge in [0.2, 0.25) is 0 Å². The average Bonchev–Trinajstić information content (AvgIpc) is 3.09. The van der Waals surface area contributed by atoms with Gasteiger partial charge < -0.3 is 9.47 Å². The predicted octanol–water partition coefficient (Wildman–Crippen LogP) is 8.52. The first-order valence-electron chi connectivity index (χ1n) is 12.2. The smallest absolute Gasteiger partial charge is 0.417 e. The number of amides is 1. The molecule has 38 heavy (non-hydrogen) atoms. The van der Waals surface area contributed by atoms with Crippen molar-refractivity contribution >= 4 is 46.1 Å². The summed E-state index contributed by atoms with van der Waals surface area (Å²) in [7, 11) is 0. The summed E-state index contributed by atoms with van der Waals surface area (Å²) in [4.78, 5) is 21.1. The fourth-order valence-electron chi connectivity index (χ4n) is 4.16. The molecule has 4 aromatic rings. The highest BCUT2D eigenvalue weighted by atomic mass is 35.5. The van der Waals surface area contributed by atoms with Gasteiger partial charge in [0.25, 0.3) is 0 Å². The molecular weight excluding hydrogens is 505 g/mol. The van der Waals surface area contributed by atoms with Gasteiger partial charge in [0.1, 0.15) is 16.5 Å². The molecule has 5 rings (SSSR count). The van der Waals surface area contributed by atoms with E-state index < -0.39 is 11.9 Å². The van der Waals surface area contributed by atoms with Crippen molar-refractivity contribution in [3.8, 4) is 17.2 Å². The van der Waals surface area contributed by atoms with Crippen LogP contribution in [0.5, 0.6) is 17.2 Å². The SMILES string of the molecule is CC1C=NC=C(c2ccc3c(Oc4ccc(NC(=O)Oc5ccccc5)c(Cl)c4F)ccnc3c2)CC1C. The Morgan fingerprint density at radius 2 is 1.87 bits per heavy atom. The van der Waals surface area contributed by atoms with Crippen molar-refractivity contribution in [2.24, 2.45) is 16.8 Å². The second-order valence-corrected chi connectivity index (χ2v) is 9.58. The minimum Gasteiger partial charge on any atom is -0.453 e. The van der Waals surface area contributed by atoms with Gasteiger partial charge in [0.05, 0.1) is 11.2 Å². The van der Waals surface area contributed by atoms with Crippen molar-refractivity contribution in [2.75, 3.05) is 5.32 Å². The predicted molar refractivity (Wildman–Crippen MR) is 149 cm³/mol. The van der Waals surface area contributed by atoms with Crippen molar-refractivity contribution in [3.63, 3.8) is 0 Å². The molecule has 0 bridgehead atoms. The van der Waals surface area contributed by atoms with Crippen LogP contribution in [0, 0.1) is 17.7 Å². The van der Waals surface area contributed by atoms with E-state index >= 15 is 4.39 Å². The molecule has 1 amide bonds. The number of aliphatic imine (C=N–C) groups is 1. The summed E-state index contributed by atoms with van der Waals surface area (Å²) in [5.74, 6) is 0.751. The maximum Gasteiger partial charge on any atom is 0.417 e. The number of carbonyl (C=O) groups excluding carboxylic acids is 1. The Kier molecular flexibility index (Phi) is 7.38. The lowest BCUT2D eigenvalue weighted by atomic mass is 9.89. The van der Waals surface area contributed by atoms with Gasteiger partial charge in [-0.2, -0.15) is 0 Å². The van der Waals surface area contributed by atoms with Gasteiger partial charge in [-0.1, -0.05) is 49.7 Å². The number of para-hydroxylation sites is 1. The molecule has 8 heteroatoms. The van der Waals surface area contributed by atoms with E-state index in [9.17, 15) is 4.79 Å². The summed E-state index contributed by atoms with van der Waals surface area (Å²) in [6, 6.07) is 18.9. The van der Waals surface area contributed by atoms with E-state index in [1.54, 1.807) is 42.6 Å². The molecule has 0 saturated heterocycles. The Morgan fingerprint density at radius 3 is 2.68 bits per heavy atom. The quantitative estimate of drug-likeness (QED) is 0.281. The highest BCUT2D eigenvalue weighted by Gasteiger charge is 2.19. The number of benzene rings is 3. The van der Waals surface area contributed by atoms with Crippen LogP contribution in [0.25, 0.3) is 16.5 Å². The molecule has 0 saturated carbocycles. The van der Waals surface area contributed by atoms with Crippen LogP contribution >= 0.6 is 11.6 Å². The van der Waals surface area contributed by atoms with Gasteiger partial charge in [-0.25, -0.2) is 9.18 Å². The molecule has 0 radical (unpaired) electrons. The van der Waals surface area contributed by atoms with E-state index in [-0.39, 0.29) is 16.5 Å². The lowest BCUT2D eigenvalue weighted by Crippen LogP contribution is -2.17. The summed E-state index contributed by atoms with van der Waals surface area (Å²) in [6.07, 6.45) is 5.62. The van der Waals surface area contributed by atoms with Gasteiger partial charge in [0, 0.05) is 24.0 Å². The van der Waals surface area contributed by atoms with E-state index in [4.69, 9.17) is 21.1 Å². The Bertz CT molecular complexity index is 1560. The van der Waals surface area contributed by atoms with Gasteiger partial charge >= 0.3 is 6.09 Å². The molecule has 2 atom stereocenters. The van der Waals surface area contributed by atoms with Crippen molar-refractivity contribution in [3.05, 3.63) is 95.5 Å². The number of carbonyl (C=O) groups is 1. The number of hydrogen-bond acceptors (Lipinski definition) is 5. The third-order valence-electron chi connectivity index (χ3n) is 6.52. The normalized spacial score (nSPS) is 17.0. The summed E-state index contributed by atoms with van der Waals surface area (Å²) >= 11 is 6.22. The molecule has 0 aliphatic carbocycles. The largest absolute Gasteiger partial charge is 0.453 e. The third kappa shape index (κ3) is 5.53. The van der Waals surface area contributed by atoms with E-state index in [0.29, 0.717) is 28.9 Å². The van der Waals surface area contributed by atoms with Crippen LogP contribution in [0.3, 0.4) is 0 Å². The van der Waals surface area contributed by atoms with Crippen molar-refractivity contribution in [1.29, 1.82) is 0 Å². The summed E-state index contributed by atoms with van der Waals surface area (Å²) < 4.78 is 26.2. The molecule has 2 unspecified atom stereocenters. The van der Waals surface area contributed by atoms with Crippen molar-refractivity contribution < 1.29 is 18.7 Å². The fraction of sp³-hybridized carbons (Fsp3) is 0.167. The Balaban J connectivity index is 1.36. The minimum atomic E-state index is -0.810. The van der Waals surface area contributed by atoms with E-state index in [2.05, 4.69) is 29.1 Å². The number of fused-ring (bicyclic) bond motifs is 1. The first-order valence-corrected chi connectivity index (χ1v) is 12.6. The molecule has 1 aromatic heterocycles. The lowest BCUT2D eigenvalue weighted by Gasteiger charge is -2.16. The zero-order valence-corrected chi connectivity index (χ0v) is 21.6. The summed E-state index contributed by atoms with van der Waals surface area (Å²) in [5.41, 5.74) is 2.94. The second-order valence-electron chi connectivity index (χ2n) is 9.20. The number of allylic oxidation sites excluding steroid dienone is 1. The number of halogens is 2. The highest BCUT2D eigenvalue weighted by molar-refractivity contribution is 6.34. The monoisotopic (exact) mass is 529 g/mol. The van der Waals surface area contributed by atoms with Crippen LogP contribution in [0.4, 0.5) is 14.9 Å². The van der Waals surface area contributed by atoms with Crippen LogP contribution in [0.2, 0.25) is 5.02 Å². The first-order chi connectivity index (χ1) is 18.4. The number of pyridine rings is 1. The molecule has 1 aliphatic heterocycles. The minimum absolute atomic E-state index is 0.0598. The Hall–Kier alpha value is -4.23. The van der Waals surface area contributed by atoms with Crippen LogP contribution < -0.4 is 14.8 Å². The zero-order valence-electron chi connectivity index (χ0n) is 20.8. The van der Waals surface area contributed by atoms with Crippen LogP contribution in [-0.4, -0.2) is 17.3 Å². The Morgan fingerprint density at radius 1 is 1.05 bits per heavy atom. The molecule has 1 aliphatic rings. The van der Waals surface area contributed by atoms with E-state index in [0.717, 1.165) is 22.9 Å². The molecule has 1 N–H and O–H groups in total. The molecular formula is C30H25ClFN3O3. The summed E-state index contributed by atoms with van der Waals surface area (Å²) in [5, 5.41) is 2.88. The number of anilines is 1. The maximum atomic E-state index is 15.2. The fourth-order valence-corrected chi connectivity index (χ4v) is 4.36. The lowest BCUT2D eigenvalue weighted by molar-refractivity contribution is 0.215. The van der Waals surface area contributed by atoms with Gasteiger partial charge in [-0.05, 0) is 71.9 Å². The average molecular weight is 530 g/mol. The number of rotatable bonds is 5.